The van der Waals surface area contributed by atoms with Crippen LogP contribution in [0.2, 0.25) is 0 Å². The van der Waals surface area contributed by atoms with Gasteiger partial charge in [-0.2, -0.15) is 0 Å². The van der Waals surface area contributed by atoms with Crippen molar-refractivity contribution in [2.75, 3.05) is 47.1 Å². The summed E-state index contributed by atoms with van der Waals surface area (Å²) in [4.78, 5) is 0. The summed E-state index contributed by atoms with van der Waals surface area (Å²) in [5.74, 6) is 2.21. The summed E-state index contributed by atoms with van der Waals surface area (Å²) in [5.41, 5.74) is 1.12. The van der Waals surface area contributed by atoms with Gasteiger partial charge >= 0.3 is 0 Å². The lowest BCUT2D eigenvalue weighted by Gasteiger charge is -2.13. The van der Waals surface area contributed by atoms with E-state index in [0.717, 1.165) is 12.0 Å². The van der Waals surface area contributed by atoms with Crippen molar-refractivity contribution in [1.29, 1.82) is 0 Å². The van der Waals surface area contributed by atoms with E-state index in [4.69, 9.17) is 18.9 Å². The quantitative estimate of drug-likeness (QED) is 0.450. The number of methoxy groups -OCH3 is 2. The minimum Gasteiger partial charge on any atom is -0.508 e. The predicted octanol–water partition coefficient (Wildman–Crippen LogP) is 2.00. The van der Waals surface area contributed by atoms with Gasteiger partial charge in [-0.3, -0.25) is 0 Å². The number of aliphatic hydroxyl groups is 1. The molecule has 0 aliphatic heterocycles. The van der Waals surface area contributed by atoms with Crippen LogP contribution in [-0.4, -0.2) is 63.4 Å². The van der Waals surface area contributed by atoms with Crippen molar-refractivity contribution in [2.45, 2.75) is 12.5 Å². The first-order valence-corrected chi connectivity index (χ1v) is 9.21. The molecule has 2 aromatic carbocycles. The molecule has 2 aromatic rings. The largest absolute Gasteiger partial charge is 0.508 e. The molecule has 0 radical (unpaired) electrons. The Balaban J connectivity index is 1.52. The Labute approximate surface area is 165 Å². The second-order valence-electron chi connectivity index (χ2n) is 6.21. The molecule has 7 nitrogen and oxygen atoms in total. The van der Waals surface area contributed by atoms with Crippen molar-refractivity contribution in [3.63, 3.8) is 0 Å². The summed E-state index contributed by atoms with van der Waals surface area (Å²) < 4.78 is 21.6. The Morgan fingerprint density at radius 1 is 0.964 bits per heavy atom. The second kappa shape index (κ2) is 12.1. The Morgan fingerprint density at radius 3 is 2.43 bits per heavy atom. The van der Waals surface area contributed by atoms with E-state index in [1.807, 2.05) is 18.2 Å². The molecule has 7 heteroatoms. The molecule has 0 fully saturated rings. The highest BCUT2D eigenvalue weighted by Crippen LogP contribution is 2.27. The number of phenols is 1. The SMILES string of the molecule is COc1ccc(CCOCCNC[C@H](O)COc2ccc(O)cc2)cc1OC. The van der Waals surface area contributed by atoms with Gasteiger partial charge < -0.3 is 34.5 Å². The minimum atomic E-state index is -0.624. The standard InChI is InChI=1S/C21H29NO6/c1-25-20-8-3-16(13-21(20)26-2)9-11-27-12-10-22-14-18(24)15-28-19-6-4-17(23)5-7-19/h3-8,13,18,22-24H,9-12,14-15H2,1-2H3/t18-/m0/s1. The number of hydrogen-bond acceptors (Lipinski definition) is 7. The number of rotatable bonds is 13. The van der Waals surface area contributed by atoms with Gasteiger partial charge in [0.2, 0.25) is 0 Å². The lowest BCUT2D eigenvalue weighted by atomic mass is 10.1. The van der Waals surface area contributed by atoms with Crippen LogP contribution in [-0.2, 0) is 11.2 Å². The van der Waals surface area contributed by atoms with Gasteiger partial charge in [0.1, 0.15) is 24.2 Å². The van der Waals surface area contributed by atoms with Crippen LogP contribution in [0.4, 0.5) is 0 Å². The zero-order valence-electron chi connectivity index (χ0n) is 16.4. The van der Waals surface area contributed by atoms with E-state index >= 15 is 0 Å². The minimum absolute atomic E-state index is 0.179. The fourth-order valence-electron chi connectivity index (χ4n) is 2.53. The molecule has 0 heterocycles. The molecule has 28 heavy (non-hydrogen) atoms. The van der Waals surface area contributed by atoms with Gasteiger partial charge in [0.15, 0.2) is 11.5 Å². The van der Waals surface area contributed by atoms with Crippen LogP contribution in [0, 0.1) is 0 Å². The van der Waals surface area contributed by atoms with Crippen LogP contribution < -0.4 is 19.5 Å². The summed E-state index contributed by atoms with van der Waals surface area (Å²) in [5, 5.41) is 22.3. The van der Waals surface area contributed by atoms with E-state index in [0.29, 0.717) is 43.6 Å². The highest BCUT2D eigenvalue weighted by Gasteiger charge is 2.06. The molecule has 0 unspecified atom stereocenters. The predicted molar refractivity (Wildman–Crippen MR) is 107 cm³/mol. The summed E-state index contributed by atoms with van der Waals surface area (Å²) in [6.45, 7) is 2.39. The average molecular weight is 391 g/mol. The molecule has 0 aromatic heterocycles. The lowest BCUT2D eigenvalue weighted by molar-refractivity contribution is 0.0991. The third-order valence-electron chi connectivity index (χ3n) is 4.07. The van der Waals surface area contributed by atoms with E-state index in [-0.39, 0.29) is 12.4 Å². The molecular formula is C21H29NO6. The molecule has 2 rings (SSSR count). The summed E-state index contributed by atoms with van der Waals surface area (Å²) in [6.07, 6.45) is 0.157. The third kappa shape index (κ3) is 7.64. The molecule has 0 bridgehead atoms. The number of hydrogen-bond donors (Lipinski definition) is 3. The molecule has 0 aliphatic rings. The Bertz CT molecular complexity index is 692. The third-order valence-corrected chi connectivity index (χ3v) is 4.07. The molecular weight excluding hydrogens is 362 g/mol. The van der Waals surface area contributed by atoms with Crippen molar-refractivity contribution < 1.29 is 29.2 Å². The molecule has 0 saturated heterocycles. The van der Waals surface area contributed by atoms with Gasteiger partial charge in [-0.25, -0.2) is 0 Å². The highest BCUT2D eigenvalue weighted by atomic mass is 16.5. The normalized spacial score (nSPS) is 11.8. The molecule has 154 valence electrons. The van der Waals surface area contributed by atoms with Gasteiger partial charge in [0, 0.05) is 13.1 Å². The van der Waals surface area contributed by atoms with Gasteiger partial charge in [0.25, 0.3) is 0 Å². The van der Waals surface area contributed by atoms with E-state index < -0.39 is 6.10 Å². The maximum atomic E-state index is 9.91. The lowest BCUT2D eigenvalue weighted by Crippen LogP contribution is -2.33. The van der Waals surface area contributed by atoms with Crippen LogP contribution >= 0.6 is 0 Å². The van der Waals surface area contributed by atoms with E-state index in [9.17, 15) is 10.2 Å². The maximum absolute atomic E-state index is 9.91. The van der Waals surface area contributed by atoms with Gasteiger partial charge in [-0.1, -0.05) is 6.07 Å². The second-order valence-corrected chi connectivity index (χ2v) is 6.21. The number of aromatic hydroxyl groups is 1. The fraction of sp³-hybridized carbons (Fsp3) is 0.429. The summed E-state index contributed by atoms with van der Waals surface area (Å²) in [6, 6.07) is 12.2. The van der Waals surface area contributed by atoms with E-state index in [2.05, 4.69) is 5.32 Å². The smallest absolute Gasteiger partial charge is 0.160 e. The Kier molecular flexibility index (Phi) is 9.41. The summed E-state index contributed by atoms with van der Waals surface area (Å²) in [7, 11) is 3.23. The summed E-state index contributed by atoms with van der Waals surface area (Å²) >= 11 is 0. The van der Waals surface area contributed by atoms with Gasteiger partial charge in [-0.15, -0.1) is 0 Å². The first-order chi connectivity index (χ1) is 13.6. The monoisotopic (exact) mass is 391 g/mol. The van der Waals surface area contributed by atoms with Crippen LogP contribution in [0.5, 0.6) is 23.0 Å². The van der Waals surface area contributed by atoms with Crippen molar-refractivity contribution in [3.05, 3.63) is 48.0 Å². The zero-order chi connectivity index (χ0) is 20.2. The molecule has 3 N–H and O–H groups in total. The van der Waals surface area contributed by atoms with Crippen molar-refractivity contribution in [2.24, 2.45) is 0 Å². The molecule has 0 saturated carbocycles. The number of phenolic OH excluding ortho intramolecular Hbond substituents is 1. The number of nitrogens with one attached hydrogen (secondary N) is 1. The topological polar surface area (TPSA) is 89.4 Å². The molecule has 0 aliphatic carbocycles. The number of benzene rings is 2. The van der Waals surface area contributed by atoms with E-state index in [1.54, 1.807) is 38.5 Å². The van der Waals surface area contributed by atoms with Crippen LogP contribution in [0.25, 0.3) is 0 Å². The number of ether oxygens (including phenoxy) is 4. The molecule has 0 spiro atoms. The van der Waals surface area contributed by atoms with Crippen LogP contribution in [0.3, 0.4) is 0 Å². The zero-order valence-corrected chi connectivity index (χ0v) is 16.4. The first kappa shape index (κ1) is 21.8. The van der Waals surface area contributed by atoms with Crippen molar-refractivity contribution in [3.8, 4) is 23.0 Å². The highest BCUT2D eigenvalue weighted by molar-refractivity contribution is 5.42. The van der Waals surface area contributed by atoms with Crippen LogP contribution in [0.1, 0.15) is 5.56 Å². The van der Waals surface area contributed by atoms with E-state index in [1.165, 1.54) is 0 Å². The van der Waals surface area contributed by atoms with Crippen LogP contribution in [0.15, 0.2) is 42.5 Å². The van der Waals surface area contributed by atoms with Gasteiger partial charge in [-0.05, 0) is 48.4 Å². The average Bonchev–Trinajstić information content (AvgIpc) is 2.72. The maximum Gasteiger partial charge on any atom is 0.160 e. The van der Waals surface area contributed by atoms with Gasteiger partial charge in [0.05, 0.1) is 27.4 Å². The Hall–Kier alpha value is -2.48. The molecule has 1 atom stereocenters. The molecule has 0 amide bonds. The van der Waals surface area contributed by atoms with Crippen molar-refractivity contribution >= 4 is 0 Å². The fourth-order valence-corrected chi connectivity index (χ4v) is 2.53. The van der Waals surface area contributed by atoms with Crippen molar-refractivity contribution in [1.82, 2.24) is 5.32 Å². The first-order valence-electron chi connectivity index (χ1n) is 9.21. The Morgan fingerprint density at radius 2 is 1.71 bits per heavy atom. The number of aliphatic hydroxyl groups excluding tert-OH is 1.